The van der Waals surface area contributed by atoms with Crippen LogP contribution in [0.3, 0.4) is 0 Å². The summed E-state index contributed by atoms with van der Waals surface area (Å²) in [6, 6.07) is 15.5. The number of fused-ring (bicyclic) bond motifs is 1. The highest BCUT2D eigenvalue weighted by Crippen LogP contribution is 2.38. The SMILES string of the molecule is COc1ccc(/C=C/C(=O)c2ccc(Cl)c3c2OC(C)(C)C=C3)cc1OCC(=O)Nc1ccccc1N. The summed E-state index contributed by atoms with van der Waals surface area (Å²) in [5.74, 6) is 0.647. The Morgan fingerprint density at radius 2 is 1.89 bits per heavy atom. The van der Waals surface area contributed by atoms with Gasteiger partial charge in [-0.1, -0.05) is 35.9 Å². The van der Waals surface area contributed by atoms with Crippen LogP contribution in [0.2, 0.25) is 5.02 Å². The molecule has 8 heteroatoms. The van der Waals surface area contributed by atoms with Crippen LogP contribution in [-0.4, -0.2) is 31.0 Å². The summed E-state index contributed by atoms with van der Waals surface area (Å²) in [6.45, 7) is 3.56. The lowest BCUT2D eigenvalue weighted by molar-refractivity contribution is -0.118. The number of para-hydroxylation sites is 2. The molecule has 37 heavy (non-hydrogen) atoms. The van der Waals surface area contributed by atoms with Crippen LogP contribution < -0.4 is 25.3 Å². The lowest BCUT2D eigenvalue weighted by Crippen LogP contribution is -2.28. The van der Waals surface area contributed by atoms with Crippen LogP contribution in [0.5, 0.6) is 17.2 Å². The zero-order chi connectivity index (χ0) is 26.6. The van der Waals surface area contributed by atoms with E-state index >= 15 is 0 Å². The number of carbonyl (C=O) groups is 2. The van der Waals surface area contributed by atoms with Gasteiger partial charge in [0.15, 0.2) is 23.9 Å². The fourth-order valence-corrected chi connectivity index (χ4v) is 3.94. The van der Waals surface area contributed by atoms with E-state index in [0.717, 1.165) is 0 Å². The predicted molar refractivity (Wildman–Crippen MR) is 147 cm³/mol. The van der Waals surface area contributed by atoms with E-state index in [2.05, 4.69) is 5.32 Å². The molecule has 4 rings (SSSR count). The average Bonchev–Trinajstić information content (AvgIpc) is 2.87. The van der Waals surface area contributed by atoms with Gasteiger partial charge >= 0.3 is 0 Å². The van der Waals surface area contributed by atoms with Gasteiger partial charge in [0.2, 0.25) is 0 Å². The molecule has 3 aromatic rings. The molecule has 0 unspecified atom stereocenters. The number of rotatable bonds is 8. The standard InChI is InChI=1S/C29H27ClN2O5/c1-29(2)15-14-19-21(30)11-10-20(28(19)37-29)24(33)12-8-18-9-13-25(35-3)26(16-18)36-17-27(34)32-23-7-5-4-6-22(23)31/h4-16H,17,31H2,1-3H3,(H,32,34)/b12-8+. The summed E-state index contributed by atoms with van der Waals surface area (Å²) in [5.41, 5.74) is 8.04. The molecule has 0 spiro atoms. The Morgan fingerprint density at radius 1 is 1.11 bits per heavy atom. The first-order valence-electron chi connectivity index (χ1n) is 11.6. The van der Waals surface area contributed by atoms with Crippen molar-refractivity contribution in [1.29, 1.82) is 0 Å². The summed E-state index contributed by atoms with van der Waals surface area (Å²) in [5, 5.41) is 3.22. The van der Waals surface area contributed by atoms with Crippen LogP contribution in [0.1, 0.15) is 35.3 Å². The second-order valence-corrected chi connectivity index (χ2v) is 9.32. The fraction of sp³-hybridized carbons (Fsp3) is 0.172. The molecular weight excluding hydrogens is 492 g/mol. The van der Waals surface area contributed by atoms with Crippen LogP contribution in [0.15, 0.2) is 66.7 Å². The largest absolute Gasteiger partial charge is 0.493 e. The number of allylic oxidation sites excluding steroid dienone is 1. The zero-order valence-electron chi connectivity index (χ0n) is 20.7. The molecule has 0 saturated carbocycles. The van der Waals surface area contributed by atoms with Crippen molar-refractivity contribution in [3.05, 3.63) is 88.5 Å². The van der Waals surface area contributed by atoms with E-state index in [1.165, 1.54) is 13.2 Å². The molecular formula is C29H27ClN2O5. The van der Waals surface area contributed by atoms with E-state index in [1.54, 1.807) is 60.7 Å². The van der Waals surface area contributed by atoms with Gasteiger partial charge in [0.05, 0.1) is 29.1 Å². The molecule has 0 atom stereocenters. The highest BCUT2D eigenvalue weighted by Gasteiger charge is 2.27. The van der Waals surface area contributed by atoms with Crippen molar-refractivity contribution in [2.45, 2.75) is 19.4 Å². The van der Waals surface area contributed by atoms with Gasteiger partial charge < -0.3 is 25.3 Å². The van der Waals surface area contributed by atoms with Crippen LogP contribution in [0.25, 0.3) is 12.2 Å². The van der Waals surface area contributed by atoms with Crippen molar-refractivity contribution < 1.29 is 23.8 Å². The highest BCUT2D eigenvalue weighted by atomic mass is 35.5. The van der Waals surface area contributed by atoms with Crippen molar-refractivity contribution >= 4 is 46.8 Å². The summed E-state index contributed by atoms with van der Waals surface area (Å²) in [4.78, 5) is 25.4. The minimum Gasteiger partial charge on any atom is -0.493 e. The van der Waals surface area contributed by atoms with Gasteiger partial charge in [0.1, 0.15) is 11.4 Å². The molecule has 1 heterocycles. The van der Waals surface area contributed by atoms with Crippen molar-refractivity contribution in [3.8, 4) is 17.2 Å². The maximum atomic E-state index is 13.1. The van der Waals surface area contributed by atoms with E-state index in [1.807, 2.05) is 26.0 Å². The molecule has 0 fully saturated rings. The Kier molecular flexibility index (Phi) is 7.55. The molecule has 0 bridgehead atoms. The zero-order valence-corrected chi connectivity index (χ0v) is 21.5. The summed E-state index contributed by atoms with van der Waals surface area (Å²) >= 11 is 6.31. The normalized spacial score (nSPS) is 13.5. The number of anilines is 2. The predicted octanol–water partition coefficient (Wildman–Crippen LogP) is 6.03. The highest BCUT2D eigenvalue weighted by molar-refractivity contribution is 6.32. The first kappa shape index (κ1) is 25.9. The number of benzene rings is 3. The number of hydrogen-bond acceptors (Lipinski definition) is 6. The molecule has 3 aromatic carbocycles. The van der Waals surface area contributed by atoms with Crippen LogP contribution in [0.4, 0.5) is 11.4 Å². The first-order chi connectivity index (χ1) is 17.7. The Balaban J connectivity index is 1.49. The van der Waals surface area contributed by atoms with Gasteiger partial charge in [0.25, 0.3) is 5.91 Å². The van der Waals surface area contributed by atoms with Crippen molar-refractivity contribution in [2.75, 3.05) is 24.8 Å². The maximum absolute atomic E-state index is 13.1. The number of halogens is 1. The number of methoxy groups -OCH3 is 1. The minimum atomic E-state index is -0.558. The van der Waals surface area contributed by atoms with E-state index in [-0.39, 0.29) is 18.3 Å². The van der Waals surface area contributed by atoms with E-state index in [0.29, 0.717) is 50.3 Å². The smallest absolute Gasteiger partial charge is 0.262 e. The molecule has 0 radical (unpaired) electrons. The van der Waals surface area contributed by atoms with Gasteiger partial charge in [-0.05, 0) is 74.0 Å². The number of carbonyl (C=O) groups excluding carboxylic acids is 2. The summed E-state index contributed by atoms with van der Waals surface area (Å²) in [6.07, 6.45) is 6.88. The number of nitrogen functional groups attached to an aromatic ring is 1. The monoisotopic (exact) mass is 518 g/mol. The Bertz CT molecular complexity index is 1410. The lowest BCUT2D eigenvalue weighted by Gasteiger charge is -2.29. The van der Waals surface area contributed by atoms with E-state index < -0.39 is 5.60 Å². The van der Waals surface area contributed by atoms with E-state index in [4.69, 9.17) is 31.5 Å². The molecule has 190 valence electrons. The van der Waals surface area contributed by atoms with Gasteiger partial charge in [-0.2, -0.15) is 0 Å². The number of ether oxygens (including phenoxy) is 3. The van der Waals surface area contributed by atoms with Crippen LogP contribution >= 0.6 is 11.6 Å². The van der Waals surface area contributed by atoms with Crippen molar-refractivity contribution in [1.82, 2.24) is 0 Å². The third-order valence-corrected chi connectivity index (χ3v) is 5.96. The molecule has 0 saturated heterocycles. The number of nitrogens with one attached hydrogen (secondary N) is 1. The number of amides is 1. The Labute approximate surface area is 220 Å². The lowest BCUT2D eigenvalue weighted by atomic mass is 9.98. The first-order valence-corrected chi connectivity index (χ1v) is 11.9. The van der Waals surface area contributed by atoms with Gasteiger partial charge in [-0.25, -0.2) is 0 Å². The molecule has 0 aromatic heterocycles. The van der Waals surface area contributed by atoms with Crippen LogP contribution in [-0.2, 0) is 4.79 Å². The third-order valence-electron chi connectivity index (χ3n) is 5.63. The van der Waals surface area contributed by atoms with Crippen LogP contribution in [0, 0.1) is 0 Å². The van der Waals surface area contributed by atoms with Gasteiger partial charge in [-0.15, -0.1) is 0 Å². The fourth-order valence-electron chi connectivity index (χ4n) is 3.73. The third kappa shape index (κ3) is 6.13. The summed E-state index contributed by atoms with van der Waals surface area (Å²) in [7, 11) is 1.51. The Hall–Kier alpha value is -4.23. The second kappa shape index (κ2) is 10.8. The van der Waals surface area contributed by atoms with Gasteiger partial charge in [-0.3, -0.25) is 9.59 Å². The topological polar surface area (TPSA) is 99.9 Å². The van der Waals surface area contributed by atoms with Crippen molar-refractivity contribution in [2.24, 2.45) is 0 Å². The molecule has 1 aliphatic heterocycles. The summed E-state index contributed by atoms with van der Waals surface area (Å²) < 4.78 is 17.1. The van der Waals surface area contributed by atoms with Gasteiger partial charge in [0, 0.05) is 5.56 Å². The molecule has 7 nitrogen and oxygen atoms in total. The number of nitrogens with two attached hydrogens (primary N) is 1. The average molecular weight is 519 g/mol. The quantitative estimate of drug-likeness (QED) is 0.214. The molecule has 1 amide bonds. The molecule has 3 N–H and O–H groups in total. The second-order valence-electron chi connectivity index (χ2n) is 8.91. The minimum absolute atomic E-state index is 0.239. The molecule has 1 aliphatic rings. The number of ketones is 1. The maximum Gasteiger partial charge on any atom is 0.262 e. The Morgan fingerprint density at radius 3 is 2.65 bits per heavy atom. The molecule has 0 aliphatic carbocycles. The van der Waals surface area contributed by atoms with Crippen molar-refractivity contribution in [3.63, 3.8) is 0 Å². The number of hydrogen-bond donors (Lipinski definition) is 2. The van der Waals surface area contributed by atoms with E-state index in [9.17, 15) is 9.59 Å².